The Hall–Kier alpha value is -0.933. The standard InChI is InChI=1S/C11H23N3OSi/c1-9(8-13-14-12)7-10(2)11(3)15-16(4,5)6/h9-10H,3,7-8H2,1-2,4-6H3/t9-,10+/m0/s1. The van der Waals surface area contributed by atoms with Gasteiger partial charge < -0.3 is 4.43 Å². The van der Waals surface area contributed by atoms with Gasteiger partial charge in [0, 0.05) is 17.4 Å². The van der Waals surface area contributed by atoms with Gasteiger partial charge >= 0.3 is 0 Å². The minimum Gasteiger partial charge on any atom is -0.548 e. The molecule has 0 N–H and O–H groups in total. The molecule has 0 aromatic rings. The zero-order valence-corrected chi connectivity index (χ0v) is 12.0. The maximum absolute atomic E-state index is 8.23. The molecule has 16 heavy (non-hydrogen) atoms. The first-order chi connectivity index (χ1) is 7.26. The molecule has 92 valence electrons. The summed E-state index contributed by atoms with van der Waals surface area (Å²) in [6, 6.07) is 0. The van der Waals surface area contributed by atoms with Crippen LogP contribution in [0.4, 0.5) is 0 Å². The quantitative estimate of drug-likeness (QED) is 0.215. The molecular formula is C11H23N3OSi. The summed E-state index contributed by atoms with van der Waals surface area (Å²) in [5, 5.41) is 3.58. The van der Waals surface area contributed by atoms with E-state index in [-0.39, 0.29) is 0 Å². The second kappa shape index (κ2) is 6.61. The smallest absolute Gasteiger partial charge is 0.241 e. The van der Waals surface area contributed by atoms with Crippen LogP contribution in [0.2, 0.25) is 19.6 Å². The molecule has 0 aliphatic carbocycles. The van der Waals surface area contributed by atoms with Gasteiger partial charge in [0.1, 0.15) is 0 Å². The van der Waals surface area contributed by atoms with E-state index in [0.717, 1.165) is 12.2 Å². The van der Waals surface area contributed by atoms with E-state index in [9.17, 15) is 0 Å². The molecule has 0 amide bonds. The summed E-state index contributed by atoms with van der Waals surface area (Å²) < 4.78 is 5.85. The van der Waals surface area contributed by atoms with Crippen molar-refractivity contribution in [1.82, 2.24) is 0 Å². The highest BCUT2D eigenvalue weighted by Gasteiger charge is 2.20. The van der Waals surface area contributed by atoms with Gasteiger partial charge in [0.25, 0.3) is 0 Å². The van der Waals surface area contributed by atoms with E-state index in [1.807, 2.05) is 0 Å². The minimum absolute atomic E-state index is 0.315. The Morgan fingerprint density at radius 2 is 2.00 bits per heavy atom. The summed E-state index contributed by atoms with van der Waals surface area (Å²) in [5.74, 6) is 1.55. The van der Waals surface area contributed by atoms with E-state index in [4.69, 9.17) is 9.96 Å². The molecule has 0 rings (SSSR count). The van der Waals surface area contributed by atoms with Crippen LogP contribution in [0, 0.1) is 11.8 Å². The molecule has 0 fully saturated rings. The molecule has 0 aliphatic heterocycles. The Morgan fingerprint density at radius 3 is 2.44 bits per heavy atom. The zero-order chi connectivity index (χ0) is 12.8. The average Bonchev–Trinajstić information content (AvgIpc) is 2.11. The van der Waals surface area contributed by atoms with Crippen LogP contribution in [0.1, 0.15) is 20.3 Å². The fourth-order valence-corrected chi connectivity index (χ4v) is 2.47. The number of nitrogens with zero attached hydrogens (tertiary/aromatic N) is 3. The summed E-state index contributed by atoms with van der Waals surface area (Å²) in [6.07, 6.45) is 0.947. The van der Waals surface area contributed by atoms with Crippen molar-refractivity contribution in [2.24, 2.45) is 17.0 Å². The summed E-state index contributed by atoms with van der Waals surface area (Å²) in [5.41, 5.74) is 8.23. The van der Waals surface area contributed by atoms with Gasteiger partial charge in [-0.05, 0) is 37.5 Å². The average molecular weight is 241 g/mol. The molecule has 0 aromatic heterocycles. The third-order valence-electron chi connectivity index (χ3n) is 2.20. The first-order valence-corrected chi connectivity index (χ1v) is 9.05. The van der Waals surface area contributed by atoms with Gasteiger partial charge in [0.2, 0.25) is 8.32 Å². The largest absolute Gasteiger partial charge is 0.548 e. The van der Waals surface area contributed by atoms with Crippen LogP contribution in [-0.2, 0) is 4.43 Å². The topological polar surface area (TPSA) is 58.0 Å². The second-order valence-electron chi connectivity index (χ2n) is 5.34. The predicted octanol–water partition coefficient (Wildman–Crippen LogP) is 4.32. The molecule has 5 heteroatoms. The summed E-state index contributed by atoms with van der Waals surface area (Å²) in [6.45, 7) is 15.1. The fraction of sp³-hybridized carbons (Fsp3) is 0.818. The normalized spacial score (nSPS) is 14.8. The monoisotopic (exact) mass is 241 g/mol. The molecule has 4 nitrogen and oxygen atoms in total. The van der Waals surface area contributed by atoms with Crippen LogP contribution in [-0.4, -0.2) is 14.9 Å². The Morgan fingerprint density at radius 1 is 1.44 bits per heavy atom. The highest BCUT2D eigenvalue weighted by Crippen LogP contribution is 2.22. The lowest BCUT2D eigenvalue weighted by Crippen LogP contribution is -2.26. The van der Waals surface area contributed by atoms with Gasteiger partial charge in [-0.15, -0.1) is 0 Å². The molecule has 0 aliphatic rings. The predicted molar refractivity (Wildman–Crippen MR) is 70.5 cm³/mol. The molecule has 0 saturated carbocycles. The fourth-order valence-electron chi connectivity index (χ4n) is 1.48. The van der Waals surface area contributed by atoms with Crippen LogP contribution in [0.15, 0.2) is 17.5 Å². The van der Waals surface area contributed by atoms with E-state index in [1.54, 1.807) is 0 Å². The zero-order valence-electron chi connectivity index (χ0n) is 11.0. The van der Waals surface area contributed by atoms with Gasteiger partial charge in [-0.3, -0.25) is 0 Å². The summed E-state index contributed by atoms with van der Waals surface area (Å²) >= 11 is 0. The Balaban J connectivity index is 4.09. The Kier molecular flexibility index (Phi) is 6.22. The highest BCUT2D eigenvalue weighted by atomic mass is 28.4. The van der Waals surface area contributed by atoms with E-state index in [2.05, 4.69) is 50.1 Å². The Bertz CT molecular complexity index is 279. The molecule has 0 unspecified atom stereocenters. The number of azide groups is 1. The van der Waals surface area contributed by atoms with Crippen LogP contribution in [0.3, 0.4) is 0 Å². The number of hydrogen-bond donors (Lipinski definition) is 0. The molecule has 0 bridgehead atoms. The van der Waals surface area contributed by atoms with Crippen molar-refractivity contribution < 1.29 is 4.43 Å². The van der Waals surface area contributed by atoms with E-state index < -0.39 is 8.32 Å². The molecule has 0 radical (unpaired) electrons. The lowest BCUT2D eigenvalue weighted by atomic mass is 9.96. The third-order valence-corrected chi connectivity index (χ3v) is 3.07. The van der Waals surface area contributed by atoms with Crippen LogP contribution < -0.4 is 0 Å². The maximum Gasteiger partial charge on any atom is 0.241 e. The minimum atomic E-state index is -1.54. The van der Waals surface area contributed by atoms with Gasteiger partial charge in [0.05, 0.1) is 5.76 Å². The van der Waals surface area contributed by atoms with Crippen LogP contribution in [0.25, 0.3) is 10.4 Å². The molecule has 2 atom stereocenters. The van der Waals surface area contributed by atoms with Crippen molar-refractivity contribution in [3.05, 3.63) is 22.8 Å². The number of hydrogen-bond acceptors (Lipinski definition) is 2. The van der Waals surface area contributed by atoms with Gasteiger partial charge in [-0.1, -0.05) is 25.5 Å². The lowest BCUT2D eigenvalue weighted by molar-refractivity contribution is 0.321. The third kappa shape index (κ3) is 7.37. The molecule has 0 heterocycles. The Labute approximate surface area is 99.5 Å². The van der Waals surface area contributed by atoms with Crippen molar-refractivity contribution >= 4 is 8.32 Å². The van der Waals surface area contributed by atoms with Crippen molar-refractivity contribution in [3.8, 4) is 0 Å². The molecule has 0 spiro atoms. The van der Waals surface area contributed by atoms with Crippen molar-refractivity contribution in [1.29, 1.82) is 0 Å². The van der Waals surface area contributed by atoms with Gasteiger partial charge in [-0.2, -0.15) is 0 Å². The molecule has 0 aromatic carbocycles. The van der Waals surface area contributed by atoms with Crippen LogP contribution >= 0.6 is 0 Å². The molecular weight excluding hydrogens is 218 g/mol. The first kappa shape index (κ1) is 15.1. The summed E-state index contributed by atoms with van der Waals surface area (Å²) in [4.78, 5) is 2.77. The second-order valence-corrected chi connectivity index (χ2v) is 9.76. The van der Waals surface area contributed by atoms with Crippen molar-refractivity contribution in [3.63, 3.8) is 0 Å². The van der Waals surface area contributed by atoms with Gasteiger partial charge in [0.15, 0.2) is 0 Å². The van der Waals surface area contributed by atoms with E-state index in [0.29, 0.717) is 18.4 Å². The maximum atomic E-state index is 8.23. The SMILES string of the molecule is C=C(O[Si](C)(C)C)[C@H](C)C[C@H](C)CN=[N+]=[N-]. The van der Waals surface area contributed by atoms with E-state index in [1.165, 1.54) is 0 Å². The van der Waals surface area contributed by atoms with Crippen molar-refractivity contribution in [2.75, 3.05) is 6.54 Å². The first-order valence-electron chi connectivity index (χ1n) is 5.65. The molecule has 0 saturated heterocycles. The lowest BCUT2D eigenvalue weighted by Gasteiger charge is -2.26. The van der Waals surface area contributed by atoms with Crippen LogP contribution in [0.5, 0.6) is 0 Å². The number of rotatable bonds is 7. The van der Waals surface area contributed by atoms with Crippen molar-refractivity contribution in [2.45, 2.75) is 39.9 Å². The summed E-state index contributed by atoms with van der Waals surface area (Å²) in [7, 11) is -1.54. The highest BCUT2D eigenvalue weighted by molar-refractivity contribution is 6.70. The van der Waals surface area contributed by atoms with E-state index >= 15 is 0 Å². The van der Waals surface area contributed by atoms with Gasteiger partial charge in [-0.25, -0.2) is 0 Å². The number of allylic oxidation sites excluding steroid dienone is 1.